The number of carbonyl (C=O) groups excluding carboxylic acids is 1. The number of thiophene rings is 1. The standard InChI is InChI=1S/C17H25N3O2S/c1-12-16(13(2)20(3)19-12)4-5-17(22)18-9-15(10-21)8-14-6-7-23-11-14/h6-7,11,15,21H,4-5,8-10H2,1-3H3,(H,18,22). The number of aliphatic hydroxyl groups is 1. The summed E-state index contributed by atoms with van der Waals surface area (Å²) in [5.41, 5.74) is 4.47. The molecule has 2 heterocycles. The number of carbonyl (C=O) groups is 1. The Kier molecular flexibility index (Phi) is 6.36. The fourth-order valence-corrected chi connectivity index (χ4v) is 3.39. The number of nitrogens with zero attached hydrogens (tertiary/aromatic N) is 2. The molecular formula is C17H25N3O2S. The number of aromatic nitrogens is 2. The van der Waals surface area contributed by atoms with E-state index in [4.69, 9.17) is 0 Å². The van der Waals surface area contributed by atoms with Crippen LogP contribution in [0.15, 0.2) is 16.8 Å². The number of nitrogens with one attached hydrogen (secondary N) is 1. The fraction of sp³-hybridized carbons (Fsp3) is 0.529. The summed E-state index contributed by atoms with van der Waals surface area (Å²) in [6.07, 6.45) is 1.94. The quantitative estimate of drug-likeness (QED) is 0.775. The van der Waals surface area contributed by atoms with Crippen LogP contribution in [-0.2, 0) is 24.7 Å². The molecule has 0 aliphatic rings. The lowest BCUT2D eigenvalue weighted by atomic mass is 10.0. The molecule has 0 aromatic carbocycles. The Balaban J connectivity index is 1.78. The molecule has 1 amide bonds. The molecule has 0 radical (unpaired) electrons. The minimum atomic E-state index is 0.0245. The molecule has 0 saturated carbocycles. The predicted molar refractivity (Wildman–Crippen MR) is 92.6 cm³/mol. The molecule has 126 valence electrons. The third-order valence-corrected chi connectivity index (χ3v) is 4.94. The normalized spacial score (nSPS) is 12.3. The zero-order chi connectivity index (χ0) is 16.8. The van der Waals surface area contributed by atoms with Crippen molar-refractivity contribution in [1.29, 1.82) is 0 Å². The average Bonchev–Trinajstić information content (AvgIpc) is 3.11. The van der Waals surface area contributed by atoms with Gasteiger partial charge in [0.15, 0.2) is 0 Å². The van der Waals surface area contributed by atoms with Gasteiger partial charge < -0.3 is 10.4 Å². The molecule has 0 saturated heterocycles. The summed E-state index contributed by atoms with van der Waals surface area (Å²) < 4.78 is 1.85. The minimum absolute atomic E-state index is 0.0245. The second-order valence-electron chi connectivity index (χ2n) is 5.96. The maximum atomic E-state index is 12.1. The molecule has 23 heavy (non-hydrogen) atoms. The number of amides is 1. The van der Waals surface area contributed by atoms with Gasteiger partial charge in [-0.2, -0.15) is 16.4 Å². The Morgan fingerprint density at radius 1 is 1.48 bits per heavy atom. The molecule has 2 N–H and O–H groups in total. The van der Waals surface area contributed by atoms with E-state index in [1.54, 1.807) is 11.3 Å². The van der Waals surface area contributed by atoms with Gasteiger partial charge in [-0.25, -0.2) is 0 Å². The SMILES string of the molecule is Cc1nn(C)c(C)c1CCC(=O)NCC(CO)Cc1ccsc1. The van der Waals surface area contributed by atoms with Crippen LogP contribution in [0.3, 0.4) is 0 Å². The molecule has 0 bridgehead atoms. The van der Waals surface area contributed by atoms with Gasteiger partial charge >= 0.3 is 0 Å². The number of rotatable bonds is 8. The van der Waals surface area contributed by atoms with Gasteiger partial charge in [0.1, 0.15) is 0 Å². The van der Waals surface area contributed by atoms with E-state index in [9.17, 15) is 9.90 Å². The maximum Gasteiger partial charge on any atom is 0.220 e. The zero-order valence-electron chi connectivity index (χ0n) is 14.0. The third kappa shape index (κ3) is 4.91. The van der Waals surface area contributed by atoms with E-state index in [0.717, 1.165) is 23.4 Å². The number of hydrogen-bond donors (Lipinski definition) is 2. The van der Waals surface area contributed by atoms with Crippen LogP contribution in [0.25, 0.3) is 0 Å². The fourth-order valence-electron chi connectivity index (χ4n) is 2.71. The minimum Gasteiger partial charge on any atom is -0.396 e. The summed E-state index contributed by atoms with van der Waals surface area (Å²) in [6.45, 7) is 4.59. The van der Waals surface area contributed by atoms with Crippen molar-refractivity contribution in [2.75, 3.05) is 13.2 Å². The van der Waals surface area contributed by atoms with Crippen molar-refractivity contribution in [3.63, 3.8) is 0 Å². The highest BCUT2D eigenvalue weighted by molar-refractivity contribution is 7.07. The molecule has 5 nitrogen and oxygen atoms in total. The summed E-state index contributed by atoms with van der Waals surface area (Å²) in [6, 6.07) is 2.06. The van der Waals surface area contributed by atoms with Crippen molar-refractivity contribution in [3.05, 3.63) is 39.3 Å². The van der Waals surface area contributed by atoms with E-state index < -0.39 is 0 Å². The van der Waals surface area contributed by atoms with Crippen LogP contribution in [0.4, 0.5) is 0 Å². The highest BCUT2D eigenvalue weighted by Gasteiger charge is 2.13. The lowest BCUT2D eigenvalue weighted by Crippen LogP contribution is -2.32. The smallest absolute Gasteiger partial charge is 0.220 e. The topological polar surface area (TPSA) is 67.2 Å². The molecule has 1 atom stereocenters. The molecule has 2 aromatic rings. The van der Waals surface area contributed by atoms with Gasteiger partial charge in [0.25, 0.3) is 0 Å². The molecule has 6 heteroatoms. The van der Waals surface area contributed by atoms with Gasteiger partial charge in [-0.1, -0.05) is 0 Å². The van der Waals surface area contributed by atoms with Crippen molar-refractivity contribution < 1.29 is 9.90 Å². The number of aliphatic hydroxyl groups excluding tert-OH is 1. The van der Waals surface area contributed by atoms with Crippen molar-refractivity contribution in [1.82, 2.24) is 15.1 Å². The summed E-state index contributed by atoms with van der Waals surface area (Å²) in [5, 5.41) is 20.9. The van der Waals surface area contributed by atoms with Crippen LogP contribution >= 0.6 is 11.3 Å². The molecule has 0 aliphatic carbocycles. The van der Waals surface area contributed by atoms with E-state index >= 15 is 0 Å². The monoisotopic (exact) mass is 335 g/mol. The average molecular weight is 335 g/mol. The van der Waals surface area contributed by atoms with Crippen molar-refractivity contribution in [2.24, 2.45) is 13.0 Å². The second kappa shape index (κ2) is 8.26. The zero-order valence-corrected chi connectivity index (χ0v) is 14.8. The first-order chi connectivity index (χ1) is 11.0. The Morgan fingerprint density at radius 3 is 2.83 bits per heavy atom. The van der Waals surface area contributed by atoms with E-state index in [2.05, 4.69) is 21.9 Å². The Bertz CT molecular complexity index is 635. The van der Waals surface area contributed by atoms with Gasteiger partial charge in [0, 0.05) is 38.2 Å². The van der Waals surface area contributed by atoms with Gasteiger partial charge in [-0.3, -0.25) is 9.48 Å². The van der Waals surface area contributed by atoms with E-state index in [0.29, 0.717) is 19.4 Å². The van der Waals surface area contributed by atoms with Gasteiger partial charge in [0.05, 0.1) is 5.69 Å². The van der Waals surface area contributed by atoms with Crippen LogP contribution in [0.1, 0.15) is 28.9 Å². The van der Waals surface area contributed by atoms with Gasteiger partial charge in [-0.05, 0) is 54.6 Å². The molecule has 0 aliphatic heterocycles. The van der Waals surface area contributed by atoms with Crippen LogP contribution < -0.4 is 5.32 Å². The first kappa shape index (κ1) is 17.7. The van der Waals surface area contributed by atoms with Crippen molar-refractivity contribution in [3.8, 4) is 0 Å². The largest absolute Gasteiger partial charge is 0.396 e. The van der Waals surface area contributed by atoms with Crippen LogP contribution in [-0.4, -0.2) is 33.9 Å². The first-order valence-electron chi connectivity index (χ1n) is 7.89. The predicted octanol–water partition coefficient (Wildman–Crippen LogP) is 2.00. The lowest BCUT2D eigenvalue weighted by molar-refractivity contribution is -0.121. The molecular weight excluding hydrogens is 310 g/mol. The summed E-state index contributed by atoms with van der Waals surface area (Å²) in [7, 11) is 1.92. The molecule has 2 aromatic heterocycles. The van der Waals surface area contributed by atoms with Gasteiger partial charge in [-0.15, -0.1) is 0 Å². The van der Waals surface area contributed by atoms with Crippen LogP contribution in [0.5, 0.6) is 0 Å². The Labute approximate surface area is 141 Å². The maximum absolute atomic E-state index is 12.1. The van der Waals surface area contributed by atoms with Crippen LogP contribution in [0.2, 0.25) is 0 Å². The number of aryl methyl sites for hydroxylation is 2. The molecule has 1 unspecified atom stereocenters. The van der Waals surface area contributed by atoms with E-state index in [-0.39, 0.29) is 18.4 Å². The highest BCUT2D eigenvalue weighted by atomic mass is 32.1. The van der Waals surface area contributed by atoms with Crippen molar-refractivity contribution in [2.45, 2.75) is 33.1 Å². The van der Waals surface area contributed by atoms with E-state index in [1.165, 1.54) is 5.56 Å². The molecule has 2 rings (SSSR count). The van der Waals surface area contributed by atoms with Crippen molar-refractivity contribution >= 4 is 17.2 Å². The summed E-state index contributed by atoms with van der Waals surface area (Å²) >= 11 is 1.65. The van der Waals surface area contributed by atoms with Crippen LogP contribution in [0, 0.1) is 19.8 Å². The highest BCUT2D eigenvalue weighted by Crippen LogP contribution is 2.14. The second-order valence-corrected chi connectivity index (χ2v) is 6.74. The van der Waals surface area contributed by atoms with Gasteiger partial charge in [0.2, 0.25) is 5.91 Å². The lowest BCUT2D eigenvalue weighted by Gasteiger charge is -2.14. The summed E-state index contributed by atoms with van der Waals surface area (Å²) in [4.78, 5) is 12.1. The Hall–Kier alpha value is -1.66. The molecule has 0 fully saturated rings. The number of hydrogen-bond acceptors (Lipinski definition) is 4. The Morgan fingerprint density at radius 2 is 2.26 bits per heavy atom. The van der Waals surface area contributed by atoms with E-state index in [1.807, 2.05) is 31.0 Å². The summed E-state index contributed by atoms with van der Waals surface area (Å²) in [5.74, 6) is 0.0897. The third-order valence-electron chi connectivity index (χ3n) is 4.21. The first-order valence-corrected chi connectivity index (χ1v) is 8.83. The molecule has 0 spiro atoms.